The second-order valence-electron chi connectivity index (χ2n) is 12.5. The van der Waals surface area contributed by atoms with Crippen molar-refractivity contribution in [2.75, 3.05) is 0 Å². The first kappa shape index (κ1) is 27.9. The van der Waals surface area contributed by atoms with E-state index in [4.69, 9.17) is 0 Å². The summed E-state index contributed by atoms with van der Waals surface area (Å²) in [4.78, 5) is 47.2. The summed E-state index contributed by atoms with van der Waals surface area (Å²) in [6.45, 7) is 0.160. The first-order valence-corrected chi connectivity index (χ1v) is 16.9. The van der Waals surface area contributed by atoms with Gasteiger partial charge in [-0.25, -0.2) is 0 Å². The predicted molar refractivity (Wildman–Crippen MR) is 185 cm³/mol. The summed E-state index contributed by atoms with van der Waals surface area (Å²) in [6.07, 6.45) is 0. The van der Waals surface area contributed by atoms with Gasteiger partial charge in [-0.3, -0.25) is 19.3 Å². The Morgan fingerprint density at radius 1 is 0.522 bits per heavy atom. The highest BCUT2D eigenvalue weighted by atomic mass is 79.9. The number of carbonyl (C=O) groups is 3. The zero-order valence-corrected chi connectivity index (χ0v) is 27.6. The minimum Gasteiger partial charge on any atom is -0.297 e. The molecule has 6 heteroatoms. The van der Waals surface area contributed by atoms with Gasteiger partial charge in [0.1, 0.15) is 0 Å². The van der Waals surface area contributed by atoms with Gasteiger partial charge < -0.3 is 0 Å². The van der Waals surface area contributed by atoms with Crippen LogP contribution in [0.3, 0.4) is 0 Å². The van der Waals surface area contributed by atoms with E-state index in [1.807, 2.05) is 103 Å². The number of imide groups is 1. The van der Waals surface area contributed by atoms with E-state index in [1.54, 1.807) is 0 Å². The summed E-state index contributed by atoms with van der Waals surface area (Å²) in [5, 5.41) is 3.80. The third-order valence-corrected chi connectivity index (χ3v) is 11.5. The molecule has 0 radical (unpaired) electrons. The molecule has 46 heavy (non-hydrogen) atoms. The molecule has 6 aromatic rings. The molecule has 2 aliphatic carbocycles. The number of amides is 2. The van der Waals surface area contributed by atoms with E-state index in [2.05, 4.69) is 56.1 Å². The second-order valence-corrected chi connectivity index (χ2v) is 14.3. The number of carbonyl (C=O) groups excluding carboxylic acids is 3. The summed E-state index contributed by atoms with van der Waals surface area (Å²) in [6, 6.07) is 41.3. The van der Waals surface area contributed by atoms with Gasteiger partial charge in [0, 0.05) is 8.95 Å². The predicted octanol–water partition coefficient (Wildman–Crippen LogP) is 8.49. The molecule has 1 saturated heterocycles. The summed E-state index contributed by atoms with van der Waals surface area (Å²) in [7, 11) is 0. The summed E-state index contributed by atoms with van der Waals surface area (Å²) in [5.41, 5.74) is 1.30. The lowest BCUT2D eigenvalue weighted by Gasteiger charge is -2.38. The van der Waals surface area contributed by atoms with Crippen LogP contribution < -0.4 is 0 Å². The van der Waals surface area contributed by atoms with Gasteiger partial charge in [-0.2, -0.15) is 0 Å². The lowest BCUT2D eigenvalue weighted by molar-refractivity contribution is -0.144. The van der Waals surface area contributed by atoms with Crippen molar-refractivity contribution in [1.82, 2.24) is 4.90 Å². The Labute approximate surface area is 282 Å². The van der Waals surface area contributed by atoms with Crippen LogP contribution in [-0.2, 0) is 31.8 Å². The summed E-state index contributed by atoms with van der Waals surface area (Å²) >= 11 is 7.39. The Morgan fingerprint density at radius 2 is 0.935 bits per heavy atom. The first-order valence-electron chi connectivity index (χ1n) is 15.3. The lowest BCUT2D eigenvalue weighted by Crippen LogP contribution is -2.44. The van der Waals surface area contributed by atoms with Gasteiger partial charge in [-0.05, 0) is 73.6 Å². The highest BCUT2D eigenvalue weighted by Crippen LogP contribution is 2.72. The van der Waals surface area contributed by atoms with Crippen molar-refractivity contribution in [3.63, 3.8) is 0 Å². The Balaban J connectivity index is 1.48. The van der Waals surface area contributed by atoms with Gasteiger partial charge in [0.15, 0.2) is 5.78 Å². The SMILES string of the molecule is O=C1[C@@H]2[C@H](C(=O)N1Cc1ccccc1)[C@@]1(c3ccccc3)C(=O)[C@]2(c2ccccc2)c2c1c1ccc(Br)cc1c1cc(Br)ccc21. The lowest BCUT2D eigenvalue weighted by atomic mass is 9.59. The van der Waals surface area contributed by atoms with Gasteiger partial charge in [0.2, 0.25) is 11.8 Å². The first-order chi connectivity index (χ1) is 22.4. The van der Waals surface area contributed by atoms with Crippen molar-refractivity contribution in [2.45, 2.75) is 17.4 Å². The van der Waals surface area contributed by atoms with Crippen LogP contribution >= 0.6 is 31.9 Å². The Morgan fingerprint density at radius 3 is 1.37 bits per heavy atom. The molecule has 6 aromatic carbocycles. The minimum absolute atomic E-state index is 0.0944. The molecule has 0 N–H and O–H groups in total. The molecule has 4 atom stereocenters. The van der Waals surface area contributed by atoms with Crippen LogP contribution in [0, 0.1) is 11.8 Å². The number of fused-ring (bicyclic) bond motifs is 13. The van der Waals surface area contributed by atoms with Gasteiger partial charge in [0.05, 0.1) is 29.2 Å². The molecule has 1 heterocycles. The molecular formula is C40H25Br2NO3. The summed E-state index contributed by atoms with van der Waals surface area (Å²) in [5.74, 6) is -2.47. The normalized spacial score (nSPS) is 24.7. The third kappa shape index (κ3) is 3.31. The van der Waals surface area contributed by atoms with Crippen LogP contribution in [-0.4, -0.2) is 22.5 Å². The van der Waals surface area contributed by atoms with E-state index in [1.165, 1.54) is 4.90 Å². The number of likely N-dealkylation sites (tertiary alicyclic amines) is 1. The zero-order chi connectivity index (χ0) is 31.4. The fourth-order valence-corrected chi connectivity index (χ4v) is 9.69. The number of hydrogen-bond acceptors (Lipinski definition) is 3. The van der Waals surface area contributed by atoms with E-state index >= 15 is 4.79 Å². The fraction of sp³-hybridized carbons (Fsp3) is 0.125. The topological polar surface area (TPSA) is 54.5 Å². The van der Waals surface area contributed by atoms with Crippen molar-refractivity contribution in [3.8, 4) is 0 Å². The molecule has 1 aliphatic heterocycles. The second kappa shape index (κ2) is 9.81. The maximum absolute atomic E-state index is 15.9. The number of benzene rings is 6. The maximum Gasteiger partial charge on any atom is 0.235 e. The van der Waals surface area contributed by atoms with Crippen LogP contribution in [0.25, 0.3) is 21.5 Å². The highest BCUT2D eigenvalue weighted by Gasteiger charge is 2.82. The molecule has 222 valence electrons. The number of hydrogen-bond donors (Lipinski definition) is 0. The Kier molecular flexibility index (Phi) is 5.94. The van der Waals surface area contributed by atoms with Gasteiger partial charge in [-0.1, -0.05) is 135 Å². The molecular weight excluding hydrogens is 702 g/mol. The van der Waals surface area contributed by atoms with E-state index in [0.29, 0.717) is 0 Å². The zero-order valence-electron chi connectivity index (χ0n) is 24.4. The van der Waals surface area contributed by atoms with Crippen molar-refractivity contribution in [1.29, 1.82) is 0 Å². The van der Waals surface area contributed by atoms with E-state index in [9.17, 15) is 9.59 Å². The van der Waals surface area contributed by atoms with Crippen LogP contribution in [0.4, 0.5) is 0 Å². The number of nitrogens with zero attached hydrogens (tertiary/aromatic N) is 1. The number of rotatable bonds is 4. The number of ketones is 1. The molecule has 4 nitrogen and oxygen atoms in total. The standard InChI is InChI=1S/C40H25Br2NO3/c41-26-16-18-28-30(20-26)31-21-27(42)17-19-29(31)33-32(28)39(24-12-6-2-7-13-24)34-35(40(33,38(39)46)25-14-8-3-9-15-25)37(45)43(36(34)44)22-23-10-4-1-5-11-23/h1-21,34-35H,22H2/t34-,35+,39+,40-. The third-order valence-electron chi connectivity index (χ3n) is 10.5. The Bertz CT molecular complexity index is 2150. The smallest absolute Gasteiger partial charge is 0.235 e. The molecule has 2 bridgehead atoms. The van der Waals surface area contributed by atoms with Gasteiger partial charge >= 0.3 is 0 Å². The fourth-order valence-electron chi connectivity index (χ4n) is 8.97. The number of halogens is 2. The maximum atomic E-state index is 15.9. The van der Waals surface area contributed by atoms with Crippen LogP contribution in [0.15, 0.2) is 136 Å². The van der Waals surface area contributed by atoms with Gasteiger partial charge in [0.25, 0.3) is 0 Å². The van der Waals surface area contributed by atoms with Crippen LogP contribution in [0.2, 0.25) is 0 Å². The van der Waals surface area contributed by atoms with Gasteiger partial charge in [-0.15, -0.1) is 0 Å². The van der Waals surface area contributed by atoms with Crippen LogP contribution in [0.5, 0.6) is 0 Å². The molecule has 0 spiro atoms. The van der Waals surface area contributed by atoms with E-state index in [-0.39, 0.29) is 24.1 Å². The molecule has 0 unspecified atom stereocenters. The quantitative estimate of drug-likeness (QED) is 0.135. The van der Waals surface area contributed by atoms with E-state index < -0.39 is 22.7 Å². The Hall–Kier alpha value is -4.39. The van der Waals surface area contributed by atoms with Crippen LogP contribution in [0.1, 0.15) is 27.8 Å². The summed E-state index contributed by atoms with van der Waals surface area (Å²) < 4.78 is 1.84. The van der Waals surface area contributed by atoms with Crippen molar-refractivity contribution >= 4 is 71.0 Å². The van der Waals surface area contributed by atoms with Crippen molar-refractivity contribution < 1.29 is 14.4 Å². The molecule has 2 fully saturated rings. The molecule has 1 saturated carbocycles. The van der Waals surface area contributed by atoms with Crippen molar-refractivity contribution in [2.24, 2.45) is 11.8 Å². The largest absolute Gasteiger partial charge is 0.297 e. The monoisotopic (exact) mass is 725 g/mol. The minimum atomic E-state index is -1.37. The average Bonchev–Trinajstić information content (AvgIpc) is 3.58. The molecule has 9 rings (SSSR count). The number of Topliss-reactive ketones (excluding diaryl/α,β-unsaturated/α-hetero) is 1. The van der Waals surface area contributed by atoms with Crippen molar-refractivity contribution in [3.05, 3.63) is 164 Å². The molecule has 2 amide bonds. The average molecular weight is 727 g/mol. The molecule has 0 aromatic heterocycles. The molecule has 3 aliphatic rings. The van der Waals surface area contributed by atoms with E-state index in [0.717, 1.165) is 58.3 Å². The highest BCUT2D eigenvalue weighted by molar-refractivity contribution is 9.10.